The van der Waals surface area contributed by atoms with Crippen LogP contribution in [0.4, 0.5) is 0 Å². The molecule has 126 valence electrons. The fraction of sp³-hybridized carbons (Fsp3) is 0.222. The summed E-state index contributed by atoms with van der Waals surface area (Å²) < 4.78 is 0. The smallest absolute Gasteiger partial charge is 0.217 e. The van der Waals surface area contributed by atoms with E-state index in [4.69, 9.17) is 28.9 Å². The molecule has 2 rings (SSSR count). The van der Waals surface area contributed by atoms with Gasteiger partial charge in [-0.25, -0.2) is 0 Å². The molecule has 24 heavy (non-hydrogen) atoms. The lowest BCUT2D eigenvalue weighted by molar-refractivity contribution is -0.118. The number of carbonyl (C=O) groups excluding carboxylic acids is 1. The molecule has 0 atom stereocenters. The molecule has 0 aliphatic rings. The third-order valence-corrected chi connectivity index (χ3v) is 3.96. The minimum Gasteiger partial charge on any atom is -0.507 e. The van der Waals surface area contributed by atoms with Crippen LogP contribution in [-0.4, -0.2) is 23.3 Å². The summed E-state index contributed by atoms with van der Waals surface area (Å²) in [6, 6.07) is 10.5. The Hall–Kier alpha value is -2.04. The zero-order valence-electron chi connectivity index (χ0n) is 13.2. The highest BCUT2D eigenvalue weighted by atomic mass is 35.5. The first-order valence-corrected chi connectivity index (χ1v) is 8.22. The van der Waals surface area contributed by atoms with Crippen molar-refractivity contribution >= 4 is 34.8 Å². The molecule has 0 radical (unpaired) electrons. The SMILES string of the molecule is Cc1cc(Cl)cc(/C(=N/CCCC(N)=O)c2ccc(Cl)cc2)c1O. The summed E-state index contributed by atoms with van der Waals surface area (Å²) in [6.07, 6.45) is 0.796. The second-order valence-corrected chi connectivity index (χ2v) is 6.30. The monoisotopic (exact) mass is 364 g/mol. The van der Waals surface area contributed by atoms with Gasteiger partial charge in [0.05, 0.1) is 5.71 Å². The van der Waals surface area contributed by atoms with E-state index in [1.54, 1.807) is 31.2 Å². The number of hydrogen-bond donors (Lipinski definition) is 2. The topological polar surface area (TPSA) is 75.7 Å². The van der Waals surface area contributed by atoms with Gasteiger partial charge in [0.25, 0.3) is 0 Å². The van der Waals surface area contributed by atoms with Crippen LogP contribution in [0.15, 0.2) is 41.4 Å². The molecule has 0 saturated carbocycles. The van der Waals surface area contributed by atoms with E-state index in [0.717, 1.165) is 5.56 Å². The molecule has 0 aromatic heterocycles. The van der Waals surface area contributed by atoms with E-state index in [2.05, 4.69) is 4.99 Å². The molecule has 0 spiro atoms. The molecule has 0 heterocycles. The summed E-state index contributed by atoms with van der Waals surface area (Å²) in [4.78, 5) is 15.4. The van der Waals surface area contributed by atoms with Gasteiger partial charge in [0.2, 0.25) is 5.91 Å². The van der Waals surface area contributed by atoms with Crippen molar-refractivity contribution in [1.82, 2.24) is 0 Å². The van der Waals surface area contributed by atoms with Gasteiger partial charge >= 0.3 is 0 Å². The maximum absolute atomic E-state index is 10.9. The Kier molecular flexibility index (Phi) is 6.23. The number of primary amides is 1. The Bertz CT molecular complexity index is 771. The summed E-state index contributed by atoms with van der Waals surface area (Å²) in [5, 5.41) is 11.5. The lowest BCUT2D eigenvalue weighted by Gasteiger charge is -2.12. The van der Waals surface area contributed by atoms with Crippen LogP contribution in [0.5, 0.6) is 5.75 Å². The normalized spacial score (nSPS) is 11.5. The fourth-order valence-corrected chi connectivity index (χ4v) is 2.70. The van der Waals surface area contributed by atoms with Gasteiger partial charge in [-0.05, 0) is 43.2 Å². The van der Waals surface area contributed by atoms with Gasteiger partial charge in [-0.15, -0.1) is 0 Å². The molecular formula is C18H18Cl2N2O2. The average molecular weight is 365 g/mol. The molecule has 1 amide bonds. The quantitative estimate of drug-likeness (QED) is 0.597. The highest BCUT2D eigenvalue weighted by Gasteiger charge is 2.14. The van der Waals surface area contributed by atoms with E-state index >= 15 is 0 Å². The van der Waals surface area contributed by atoms with Crippen LogP contribution >= 0.6 is 23.2 Å². The molecule has 2 aromatic rings. The Morgan fingerprint density at radius 2 is 1.83 bits per heavy atom. The highest BCUT2D eigenvalue weighted by molar-refractivity contribution is 6.32. The number of rotatable bonds is 6. The lowest BCUT2D eigenvalue weighted by atomic mass is 9.99. The van der Waals surface area contributed by atoms with Crippen molar-refractivity contribution in [2.45, 2.75) is 19.8 Å². The fourth-order valence-electron chi connectivity index (χ4n) is 2.30. The zero-order valence-corrected chi connectivity index (χ0v) is 14.7. The standard InChI is InChI=1S/C18H18Cl2N2O2/c1-11-9-14(20)10-15(18(11)24)17(22-8-2-3-16(21)23)12-4-6-13(19)7-5-12/h4-7,9-10,24H,2-3,8H2,1H3,(H2,21,23)/b22-17+. The first-order valence-electron chi connectivity index (χ1n) is 7.46. The van der Waals surface area contributed by atoms with Gasteiger partial charge in [-0.3, -0.25) is 9.79 Å². The molecule has 0 aliphatic carbocycles. The molecule has 4 nitrogen and oxygen atoms in total. The molecule has 0 unspecified atom stereocenters. The van der Waals surface area contributed by atoms with Gasteiger partial charge in [0.1, 0.15) is 5.75 Å². The number of hydrogen-bond acceptors (Lipinski definition) is 3. The summed E-state index contributed by atoms with van der Waals surface area (Å²) >= 11 is 12.1. The van der Waals surface area contributed by atoms with Gasteiger partial charge in [0, 0.05) is 34.1 Å². The second-order valence-electron chi connectivity index (χ2n) is 5.43. The molecule has 0 bridgehead atoms. The van der Waals surface area contributed by atoms with Crippen molar-refractivity contribution in [3.63, 3.8) is 0 Å². The number of benzene rings is 2. The van der Waals surface area contributed by atoms with Crippen LogP contribution in [0.3, 0.4) is 0 Å². The number of halogens is 2. The van der Waals surface area contributed by atoms with E-state index in [-0.39, 0.29) is 18.1 Å². The largest absolute Gasteiger partial charge is 0.507 e. The molecule has 0 aliphatic heterocycles. The van der Waals surface area contributed by atoms with Crippen LogP contribution in [0.25, 0.3) is 0 Å². The van der Waals surface area contributed by atoms with Crippen molar-refractivity contribution in [3.05, 3.63) is 63.1 Å². The van der Waals surface area contributed by atoms with Crippen LogP contribution < -0.4 is 5.73 Å². The van der Waals surface area contributed by atoms with Crippen molar-refractivity contribution < 1.29 is 9.90 Å². The van der Waals surface area contributed by atoms with E-state index in [0.29, 0.717) is 39.8 Å². The van der Waals surface area contributed by atoms with Crippen molar-refractivity contribution in [3.8, 4) is 5.75 Å². The number of aliphatic imine (C=N–C) groups is 1. The Labute approximate surface area is 150 Å². The Morgan fingerprint density at radius 3 is 2.46 bits per heavy atom. The van der Waals surface area contributed by atoms with E-state index in [1.165, 1.54) is 0 Å². The Balaban J connectivity index is 2.45. The molecule has 0 saturated heterocycles. The highest BCUT2D eigenvalue weighted by Crippen LogP contribution is 2.29. The van der Waals surface area contributed by atoms with E-state index in [1.807, 2.05) is 12.1 Å². The van der Waals surface area contributed by atoms with E-state index < -0.39 is 0 Å². The minimum atomic E-state index is -0.361. The molecule has 2 aromatic carbocycles. The third kappa shape index (κ3) is 4.73. The number of amides is 1. The number of nitrogens with two attached hydrogens (primary N) is 1. The number of carbonyl (C=O) groups is 1. The Morgan fingerprint density at radius 1 is 1.17 bits per heavy atom. The predicted octanol–water partition coefficient (Wildman–Crippen LogP) is 4.11. The minimum absolute atomic E-state index is 0.128. The molecule has 3 N–H and O–H groups in total. The average Bonchev–Trinajstić information content (AvgIpc) is 2.52. The molecule has 6 heteroatoms. The summed E-state index contributed by atoms with van der Waals surface area (Å²) in [7, 11) is 0. The second kappa shape index (κ2) is 8.18. The maximum atomic E-state index is 10.9. The lowest BCUT2D eigenvalue weighted by Crippen LogP contribution is -2.11. The van der Waals surface area contributed by atoms with Gasteiger partial charge in [-0.2, -0.15) is 0 Å². The van der Waals surface area contributed by atoms with Crippen LogP contribution in [0.1, 0.15) is 29.5 Å². The third-order valence-electron chi connectivity index (χ3n) is 3.49. The number of aromatic hydroxyl groups is 1. The summed E-state index contributed by atoms with van der Waals surface area (Å²) in [5.74, 6) is -0.234. The van der Waals surface area contributed by atoms with Gasteiger partial charge in [0.15, 0.2) is 0 Å². The van der Waals surface area contributed by atoms with Crippen LogP contribution in [0.2, 0.25) is 10.0 Å². The number of aryl methyl sites for hydroxylation is 1. The summed E-state index contributed by atoms with van der Waals surface area (Å²) in [5.41, 5.74) is 7.76. The van der Waals surface area contributed by atoms with Crippen molar-refractivity contribution in [2.24, 2.45) is 10.7 Å². The molecular weight excluding hydrogens is 347 g/mol. The number of phenolic OH excluding ortho intramolecular Hbond substituents is 1. The van der Waals surface area contributed by atoms with Gasteiger partial charge < -0.3 is 10.8 Å². The van der Waals surface area contributed by atoms with Crippen LogP contribution in [0, 0.1) is 6.92 Å². The first-order chi connectivity index (χ1) is 11.4. The summed E-state index contributed by atoms with van der Waals surface area (Å²) in [6.45, 7) is 2.18. The predicted molar refractivity (Wildman–Crippen MR) is 98.2 cm³/mol. The number of phenols is 1. The maximum Gasteiger partial charge on any atom is 0.217 e. The van der Waals surface area contributed by atoms with Crippen LogP contribution in [-0.2, 0) is 4.79 Å². The van der Waals surface area contributed by atoms with Gasteiger partial charge in [-0.1, -0.05) is 35.3 Å². The van der Waals surface area contributed by atoms with Crippen molar-refractivity contribution in [2.75, 3.05) is 6.54 Å². The number of nitrogens with zero attached hydrogens (tertiary/aromatic N) is 1. The van der Waals surface area contributed by atoms with E-state index in [9.17, 15) is 9.90 Å². The van der Waals surface area contributed by atoms with Crippen molar-refractivity contribution in [1.29, 1.82) is 0 Å². The zero-order chi connectivity index (χ0) is 17.7. The first kappa shape index (κ1) is 18.3. The molecule has 0 fully saturated rings.